The molecule has 0 aliphatic carbocycles. The van der Waals surface area contributed by atoms with Crippen LogP contribution in [-0.4, -0.2) is 37.4 Å². The summed E-state index contributed by atoms with van der Waals surface area (Å²) in [5.74, 6) is 1.18. The quantitative estimate of drug-likeness (QED) is 0.800. The lowest BCUT2D eigenvalue weighted by Crippen LogP contribution is -2.45. The lowest BCUT2D eigenvalue weighted by atomic mass is 10.2. The molecule has 1 saturated heterocycles. The first-order chi connectivity index (χ1) is 10.3. The van der Waals surface area contributed by atoms with E-state index < -0.39 is 0 Å². The predicted octanol–water partition coefficient (Wildman–Crippen LogP) is 2.42. The molecule has 2 heterocycles. The van der Waals surface area contributed by atoms with Gasteiger partial charge >= 0.3 is 0 Å². The number of aromatic amines is 1. The Labute approximate surface area is 133 Å². The summed E-state index contributed by atoms with van der Waals surface area (Å²) in [5.41, 5.74) is 1.12. The SMILES string of the molecule is Brc1ccc(C=NN2CCN(c3cccc[nH+]3)CC2)cc1. The van der Waals surface area contributed by atoms with Crippen molar-refractivity contribution in [3.05, 3.63) is 58.7 Å². The van der Waals surface area contributed by atoms with E-state index in [4.69, 9.17) is 0 Å². The van der Waals surface area contributed by atoms with Crippen molar-refractivity contribution in [2.75, 3.05) is 31.1 Å². The van der Waals surface area contributed by atoms with Crippen LogP contribution in [0.1, 0.15) is 5.56 Å². The van der Waals surface area contributed by atoms with E-state index >= 15 is 0 Å². The van der Waals surface area contributed by atoms with Crippen LogP contribution in [0.2, 0.25) is 0 Å². The molecule has 1 aliphatic heterocycles. The van der Waals surface area contributed by atoms with Gasteiger partial charge in [0.1, 0.15) is 13.1 Å². The van der Waals surface area contributed by atoms with Crippen LogP contribution >= 0.6 is 15.9 Å². The zero-order valence-electron chi connectivity index (χ0n) is 11.7. The molecule has 0 bridgehead atoms. The highest BCUT2D eigenvalue weighted by atomic mass is 79.9. The Morgan fingerprint density at radius 2 is 1.76 bits per heavy atom. The third-order valence-electron chi connectivity index (χ3n) is 3.53. The van der Waals surface area contributed by atoms with Gasteiger partial charge in [-0.2, -0.15) is 5.10 Å². The summed E-state index contributed by atoms with van der Waals surface area (Å²) >= 11 is 3.44. The van der Waals surface area contributed by atoms with Gasteiger partial charge in [-0.25, -0.2) is 4.98 Å². The molecule has 1 aromatic heterocycles. The standard InChI is InChI=1S/C16H17BrN4/c17-15-6-4-14(5-7-15)13-19-21-11-9-20(10-12-21)16-3-1-2-8-18-16/h1-8,13H,9-12H2/p+1. The van der Waals surface area contributed by atoms with Crippen molar-refractivity contribution in [2.45, 2.75) is 0 Å². The van der Waals surface area contributed by atoms with Gasteiger partial charge in [0.2, 0.25) is 0 Å². The van der Waals surface area contributed by atoms with Gasteiger partial charge in [-0.1, -0.05) is 34.1 Å². The van der Waals surface area contributed by atoms with Crippen molar-refractivity contribution in [1.29, 1.82) is 0 Å². The number of halogens is 1. The van der Waals surface area contributed by atoms with E-state index in [9.17, 15) is 0 Å². The van der Waals surface area contributed by atoms with Gasteiger partial charge < -0.3 is 0 Å². The van der Waals surface area contributed by atoms with Crippen LogP contribution < -0.4 is 9.88 Å². The van der Waals surface area contributed by atoms with Crippen LogP contribution in [0.3, 0.4) is 0 Å². The van der Waals surface area contributed by atoms with Crippen LogP contribution in [0.25, 0.3) is 0 Å². The van der Waals surface area contributed by atoms with Crippen LogP contribution in [0.15, 0.2) is 58.2 Å². The van der Waals surface area contributed by atoms with Gasteiger partial charge in [0, 0.05) is 10.5 Å². The lowest BCUT2D eigenvalue weighted by Gasteiger charge is -2.28. The number of anilines is 1. The van der Waals surface area contributed by atoms with E-state index in [1.54, 1.807) is 0 Å². The normalized spacial score (nSPS) is 15.7. The van der Waals surface area contributed by atoms with E-state index in [-0.39, 0.29) is 0 Å². The minimum atomic E-state index is 0.940. The summed E-state index contributed by atoms with van der Waals surface area (Å²) in [7, 11) is 0. The molecule has 4 nitrogen and oxygen atoms in total. The molecule has 1 N–H and O–H groups in total. The minimum absolute atomic E-state index is 0.940. The number of nitrogens with zero attached hydrogens (tertiary/aromatic N) is 3. The highest BCUT2D eigenvalue weighted by Crippen LogP contribution is 2.11. The van der Waals surface area contributed by atoms with E-state index in [1.165, 1.54) is 5.82 Å². The summed E-state index contributed by atoms with van der Waals surface area (Å²) in [6.07, 6.45) is 3.89. The van der Waals surface area contributed by atoms with Crippen LogP contribution in [0.4, 0.5) is 5.82 Å². The molecule has 0 spiro atoms. The third kappa shape index (κ3) is 3.82. The lowest BCUT2D eigenvalue weighted by molar-refractivity contribution is -0.364. The molecule has 0 radical (unpaired) electrons. The molecular formula is C16H18BrN4+. The molecule has 3 rings (SSSR count). The first-order valence-corrected chi connectivity index (χ1v) is 7.87. The maximum atomic E-state index is 4.57. The Balaban J connectivity index is 1.55. The molecule has 0 saturated carbocycles. The second-order valence-electron chi connectivity index (χ2n) is 4.98. The minimum Gasteiger partial charge on any atom is -0.289 e. The van der Waals surface area contributed by atoms with Crippen LogP contribution in [0, 0.1) is 0 Å². The number of nitrogens with one attached hydrogen (secondary N) is 1. The Morgan fingerprint density at radius 1 is 1.00 bits per heavy atom. The summed E-state index contributed by atoms with van der Waals surface area (Å²) in [4.78, 5) is 5.63. The number of benzene rings is 1. The number of piperazine rings is 1. The molecule has 0 unspecified atom stereocenters. The second-order valence-corrected chi connectivity index (χ2v) is 5.90. The van der Waals surface area contributed by atoms with Crippen molar-refractivity contribution in [3.8, 4) is 0 Å². The molecule has 1 fully saturated rings. The maximum Gasteiger partial charge on any atom is 0.274 e. The largest absolute Gasteiger partial charge is 0.289 e. The van der Waals surface area contributed by atoms with Gasteiger partial charge in [0.15, 0.2) is 0 Å². The van der Waals surface area contributed by atoms with Crippen LogP contribution in [0.5, 0.6) is 0 Å². The van der Waals surface area contributed by atoms with Gasteiger partial charge in [0.25, 0.3) is 5.82 Å². The smallest absolute Gasteiger partial charge is 0.274 e. The zero-order chi connectivity index (χ0) is 14.5. The van der Waals surface area contributed by atoms with Gasteiger partial charge in [-0.3, -0.25) is 9.91 Å². The Morgan fingerprint density at radius 3 is 2.43 bits per heavy atom. The maximum absolute atomic E-state index is 4.57. The summed E-state index contributed by atoms with van der Waals surface area (Å²) in [6, 6.07) is 14.4. The molecule has 108 valence electrons. The highest BCUT2D eigenvalue weighted by Gasteiger charge is 2.21. The van der Waals surface area contributed by atoms with E-state index in [0.717, 1.165) is 36.2 Å². The van der Waals surface area contributed by atoms with Crippen molar-refractivity contribution < 1.29 is 4.98 Å². The number of hydrogen-bond donors (Lipinski definition) is 0. The van der Waals surface area contributed by atoms with Gasteiger partial charge in [-0.15, -0.1) is 0 Å². The van der Waals surface area contributed by atoms with Crippen molar-refractivity contribution in [3.63, 3.8) is 0 Å². The molecule has 1 aliphatic rings. The van der Waals surface area contributed by atoms with Crippen molar-refractivity contribution in [2.24, 2.45) is 5.10 Å². The number of hydrogen-bond acceptors (Lipinski definition) is 3. The topological polar surface area (TPSA) is 33.0 Å². The number of hydrazone groups is 1. The van der Waals surface area contributed by atoms with Crippen LogP contribution in [-0.2, 0) is 0 Å². The second kappa shape index (κ2) is 6.72. The Bertz CT molecular complexity index is 589. The Hall–Kier alpha value is -1.88. The fourth-order valence-corrected chi connectivity index (χ4v) is 2.59. The number of H-pyrrole nitrogens is 1. The molecule has 0 amide bonds. The third-order valence-corrected chi connectivity index (χ3v) is 4.06. The number of pyridine rings is 1. The first kappa shape index (κ1) is 14.1. The van der Waals surface area contributed by atoms with E-state index in [2.05, 4.69) is 60.2 Å². The molecule has 2 aromatic rings. The summed E-state index contributed by atoms with van der Waals surface area (Å²) < 4.78 is 1.09. The molecular weight excluding hydrogens is 328 g/mol. The first-order valence-electron chi connectivity index (χ1n) is 7.07. The van der Waals surface area contributed by atoms with Gasteiger partial charge in [-0.05, 0) is 23.8 Å². The predicted molar refractivity (Wildman–Crippen MR) is 88.5 cm³/mol. The number of rotatable bonds is 3. The van der Waals surface area contributed by atoms with E-state index in [0.29, 0.717) is 0 Å². The highest BCUT2D eigenvalue weighted by molar-refractivity contribution is 9.10. The van der Waals surface area contributed by atoms with Crippen molar-refractivity contribution in [1.82, 2.24) is 5.01 Å². The van der Waals surface area contributed by atoms with Crippen molar-refractivity contribution >= 4 is 28.0 Å². The fourth-order valence-electron chi connectivity index (χ4n) is 2.33. The number of aromatic nitrogens is 1. The summed E-state index contributed by atoms with van der Waals surface area (Å²) in [5, 5.41) is 6.69. The molecule has 21 heavy (non-hydrogen) atoms. The fraction of sp³-hybridized carbons (Fsp3) is 0.250. The van der Waals surface area contributed by atoms with E-state index in [1.807, 2.05) is 30.6 Å². The summed E-state index contributed by atoms with van der Waals surface area (Å²) in [6.45, 7) is 3.85. The molecule has 5 heteroatoms. The van der Waals surface area contributed by atoms with Gasteiger partial charge in [0.05, 0.1) is 25.5 Å². The average Bonchev–Trinajstić information content (AvgIpc) is 2.56. The zero-order valence-corrected chi connectivity index (χ0v) is 13.3. The molecule has 1 aromatic carbocycles. The monoisotopic (exact) mass is 345 g/mol. The average molecular weight is 346 g/mol. The molecule has 0 atom stereocenters. The Kier molecular flexibility index (Phi) is 4.50.